The third-order valence-corrected chi connectivity index (χ3v) is 7.90. The molecule has 1 aliphatic heterocycles. The SMILES string of the molecule is CN(C)CCNC(=O)O[C@@H]1CCCN(c2nc3cc(C(=O)Nc4nc(C(C)(C)C)cs4)ccn3c(=O)c2/C=C/c2nn[nH]n2)C1. The van der Waals surface area contributed by atoms with Gasteiger partial charge in [0.05, 0.1) is 17.8 Å². The van der Waals surface area contributed by atoms with Crippen molar-refractivity contribution in [3.63, 3.8) is 0 Å². The molecule has 0 unspecified atom stereocenters. The molecule has 5 rings (SSSR count). The quantitative estimate of drug-likeness (QED) is 0.247. The van der Waals surface area contributed by atoms with E-state index in [1.54, 1.807) is 24.3 Å². The average molecular weight is 636 g/mol. The second kappa shape index (κ2) is 13.5. The lowest BCUT2D eigenvalue weighted by Crippen LogP contribution is -2.44. The Morgan fingerprint density at radius 3 is 2.78 bits per heavy atom. The van der Waals surface area contributed by atoms with Gasteiger partial charge >= 0.3 is 6.09 Å². The number of carbonyl (C=O) groups is 2. The highest BCUT2D eigenvalue weighted by Gasteiger charge is 2.27. The highest BCUT2D eigenvalue weighted by molar-refractivity contribution is 7.14. The molecule has 2 amide bonds. The lowest BCUT2D eigenvalue weighted by Gasteiger charge is -2.34. The Bertz CT molecular complexity index is 1740. The zero-order valence-corrected chi connectivity index (χ0v) is 26.7. The van der Waals surface area contributed by atoms with Crippen molar-refractivity contribution in [3.05, 3.63) is 56.7 Å². The van der Waals surface area contributed by atoms with Crippen molar-refractivity contribution in [1.82, 2.24) is 45.2 Å². The van der Waals surface area contributed by atoms with Gasteiger partial charge in [0.1, 0.15) is 17.6 Å². The highest BCUT2D eigenvalue weighted by Crippen LogP contribution is 2.27. The predicted molar refractivity (Wildman–Crippen MR) is 172 cm³/mol. The molecule has 5 heterocycles. The molecule has 45 heavy (non-hydrogen) atoms. The largest absolute Gasteiger partial charge is 0.444 e. The number of alkyl carbamates (subject to hydrolysis) is 1. The van der Waals surface area contributed by atoms with Gasteiger partial charge in [-0.25, -0.2) is 14.8 Å². The minimum atomic E-state index is -0.488. The van der Waals surface area contributed by atoms with E-state index in [1.165, 1.54) is 21.9 Å². The zero-order valence-electron chi connectivity index (χ0n) is 25.9. The first-order valence-corrected chi connectivity index (χ1v) is 15.5. The number of aromatic amines is 1. The summed E-state index contributed by atoms with van der Waals surface area (Å²) in [5.41, 5.74) is 1.30. The van der Waals surface area contributed by atoms with Crippen LogP contribution in [0.25, 0.3) is 17.8 Å². The number of amides is 2. The summed E-state index contributed by atoms with van der Waals surface area (Å²) in [5, 5.41) is 21.9. The maximum absolute atomic E-state index is 13.8. The van der Waals surface area contributed by atoms with Gasteiger partial charge in [0.15, 0.2) is 11.0 Å². The Hall–Kier alpha value is -4.70. The molecular formula is C29H37N11O4S. The second-order valence-corrected chi connectivity index (χ2v) is 12.8. The number of hydrogen-bond acceptors (Lipinski definition) is 12. The van der Waals surface area contributed by atoms with Crippen molar-refractivity contribution in [2.45, 2.75) is 45.1 Å². The van der Waals surface area contributed by atoms with E-state index >= 15 is 0 Å². The number of ether oxygens (including phenoxy) is 1. The van der Waals surface area contributed by atoms with E-state index in [9.17, 15) is 14.4 Å². The Balaban J connectivity index is 1.44. The van der Waals surface area contributed by atoms with E-state index in [0.29, 0.717) is 66.1 Å². The van der Waals surface area contributed by atoms with Crippen molar-refractivity contribution in [1.29, 1.82) is 0 Å². The van der Waals surface area contributed by atoms with Crippen LogP contribution < -0.4 is 21.1 Å². The van der Waals surface area contributed by atoms with E-state index < -0.39 is 12.2 Å². The average Bonchev–Trinajstić information content (AvgIpc) is 3.69. The number of anilines is 2. The topological polar surface area (TPSA) is 176 Å². The summed E-state index contributed by atoms with van der Waals surface area (Å²) < 4.78 is 7.08. The van der Waals surface area contributed by atoms with Crippen molar-refractivity contribution in [2.75, 3.05) is 50.5 Å². The van der Waals surface area contributed by atoms with Crippen LogP contribution in [0, 0.1) is 0 Å². The molecule has 0 saturated carbocycles. The lowest BCUT2D eigenvalue weighted by molar-refractivity contribution is 0.0878. The molecule has 1 atom stereocenters. The molecule has 1 aliphatic rings. The Labute approximate surface area is 263 Å². The fourth-order valence-electron chi connectivity index (χ4n) is 4.71. The number of piperidine rings is 1. The molecule has 0 aliphatic carbocycles. The Morgan fingerprint density at radius 1 is 1.24 bits per heavy atom. The van der Waals surface area contributed by atoms with Gasteiger partial charge in [-0.05, 0) is 56.4 Å². The number of tetrazole rings is 1. The van der Waals surface area contributed by atoms with Gasteiger partial charge in [-0.15, -0.1) is 21.5 Å². The molecule has 4 aromatic heterocycles. The molecule has 4 aromatic rings. The number of rotatable bonds is 9. The molecule has 238 valence electrons. The minimum Gasteiger partial charge on any atom is -0.444 e. The fraction of sp³-hybridized carbons (Fsp3) is 0.448. The van der Waals surface area contributed by atoms with Crippen LogP contribution in [0.3, 0.4) is 0 Å². The Kier molecular flexibility index (Phi) is 9.53. The number of thiazole rings is 1. The summed E-state index contributed by atoms with van der Waals surface area (Å²) in [6, 6.07) is 3.14. The molecule has 0 aromatic carbocycles. The van der Waals surface area contributed by atoms with Crippen LogP contribution in [0.15, 0.2) is 28.5 Å². The number of fused-ring (bicyclic) bond motifs is 1. The summed E-state index contributed by atoms with van der Waals surface area (Å²) in [5.74, 6) is 0.327. The maximum Gasteiger partial charge on any atom is 0.407 e. The van der Waals surface area contributed by atoms with Crippen LogP contribution in [0.2, 0.25) is 0 Å². The number of nitrogens with one attached hydrogen (secondary N) is 3. The van der Waals surface area contributed by atoms with Gasteiger partial charge in [0, 0.05) is 42.2 Å². The number of hydrogen-bond donors (Lipinski definition) is 3. The van der Waals surface area contributed by atoms with Crippen LogP contribution in [0.5, 0.6) is 0 Å². The van der Waals surface area contributed by atoms with Gasteiger partial charge < -0.3 is 19.9 Å². The maximum atomic E-state index is 13.8. The van der Waals surface area contributed by atoms with Gasteiger partial charge in [0.2, 0.25) is 0 Å². The summed E-state index contributed by atoms with van der Waals surface area (Å²) in [7, 11) is 3.85. The van der Waals surface area contributed by atoms with E-state index in [2.05, 4.69) is 57.0 Å². The fourth-order valence-corrected chi connectivity index (χ4v) is 5.64. The molecule has 16 heteroatoms. The standard InChI is InChI=1S/C29H37N11O4S/c1-29(2,3)21-17-45-27(31-21)33-25(41)18-10-13-40-23(15-18)32-24(20(26(40)42)8-9-22-34-36-37-35-22)39-12-6-7-19(16-39)44-28(43)30-11-14-38(4)5/h8-10,13,15,17,19H,6-7,11-12,14,16H2,1-5H3,(H,30,43)(H,31,33,41)(H,34,35,36,37)/b9-8+/t19-/m1/s1. The van der Waals surface area contributed by atoms with Crippen molar-refractivity contribution < 1.29 is 14.3 Å². The first-order valence-electron chi connectivity index (χ1n) is 14.6. The van der Waals surface area contributed by atoms with Crippen LogP contribution in [0.1, 0.15) is 61.1 Å². The third kappa shape index (κ3) is 7.88. The molecule has 0 bridgehead atoms. The highest BCUT2D eigenvalue weighted by atomic mass is 32.1. The predicted octanol–water partition coefficient (Wildman–Crippen LogP) is 2.64. The first kappa shape index (κ1) is 31.7. The summed E-state index contributed by atoms with van der Waals surface area (Å²) in [6.45, 7) is 8.26. The van der Waals surface area contributed by atoms with Gasteiger partial charge in [0.25, 0.3) is 11.5 Å². The molecular weight excluding hydrogens is 598 g/mol. The van der Waals surface area contributed by atoms with E-state index in [0.717, 1.165) is 12.1 Å². The number of aromatic nitrogens is 7. The van der Waals surface area contributed by atoms with Crippen LogP contribution in [0.4, 0.5) is 15.7 Å². The van der Waals surface area contributed by atoms with Crippen LogP contribution >= 0.6 is 11.3 Å². The lowest BCUT2D eigenvalue weighted by atomic mass is 9.93. The molecule has 0 spiro atoms. The normalized spacial score (nSPS) is 15.6. The number of pyridine rings is 1. The molecule has 3 N–H and O–H groups in total. The van der Waals surface area contributed by atoms with Crippen LogP contribution in [-0.2, 0) is 10.2 Å². The van der Waals surface area contributed by atoms with Crippen LogP contribution in [-0.4, -0.2) is 98.3 Å². The second-order valence-electron chi connectivity index (χ2n) is 12.0. The summed E-state index contributed by atoms with van der Waals surface area (Å²) in [4.78, 5) is 52.7. The number of nitrogens with zero attached hydrogens (tertiary/aromatic N) is 8. The number of likely N-dealkylation sites (N-methyl/N-ethyl adjacent to an activating group) is 1. The smallest absolute Gasteiger partial charge is 0.407 e. The molecule has 0 radical (unpaired) electrons. The number of carbonyl (C=O) groups excluding carboxylic acids is 2. The molecule has 1 fully saturated rings. The summed E-state index contributed by atoms with van der Waals surface area (Å²) >= 11 is 1.36. The van der Waals surface area contributed by atoms with E-state index in [4.69, 9.17) is 9.72 Å². The Morgan fingerprint density at radius 2 is 2.07 bits per heavy atom. The van der Waals surface area contributed by atoms with Gasteiger partial charge in [-0.3, -0.25) is 19.3 Å². The zero-order chi connectivity index (χ0) is 32.1. The van der Waals surface area contributed by atoms with Crippen molar-refractivity contribution in [3.8, 4) is 0 Å². The van der Waals surface area contributed by atoms with E-state index in [-0.39, 0.29) is 16.9 Å². The monoisotopic (exact) mass is 635 g/mol. The van der Waals surface area contributed by atoms with E-state index in [1.807, 2.05) is 29.3 Å². The molecule has 15 nitrogen and oxygen atoms in total. The van der Waals surface area contributed by atoms with Crippen molar-refractivity contribution >= 4 is 52.1 Å². The minimum absolute atomic E-state index is 0.145. The molecule has 1 saturated heterocycles. The van der Waals surface area contributed by atoms with Gasteiger partial charge in [-0.1, -0.05) is 20.8 Å². The van der Waals surface area contributed by atoms with Crippen molar-refractivity contribution in [2.24, 2.45) is 0 Å². The first-order chi connectivity index (χ1) is 21.5. The van der Waals surface area contributed by atoms with Gasteiger partial charge in [-0.2, -0.15) is 5.21 Å². The number of H-pyrrole nitrogens is 1. The summed E-state index contributed by atoms with van der Waals surface area (Å²) in [6.07, 6.45) is 5.19. The third-order valence-electron chi connectivity index (χ3n) is 7.14.